The van der Waals surface area contributed by atoms with Crippen LogP contribution in [0.5, 0.6) is 0 Å². The van der Waals surface area contributed by atoms with Gasteiger partial charge in [-0.05, 0) is 38.8 Å². The van der Waals surface area contributed by atoms with E-state index in [9.17, 15) is 0 Å². The van der Waals surface area contributed by atoms with E-state index < -0.39 is 0 Å². The Morgan fingerprint density at radius 2 is 1.88 bits per heavy atom. The van der Waals surface area contributed by atoms with E-state index in [1.165, 1.54) is 0 Å². The van der Waals surface area contributed by atoms with E-state index in [0.29, 0.717) is 11.8 Å². The molecule has 3 heteroatoms. The van der Waals surface area contributed by atoms with E-state index in [2.05, 4.69) is 20.8 Å². The van der Waals surface area contributed by atoms with Crippen LogP contribution in [-0.4, -0.2) is 12.2 Å². The fourth-order valence-electron chi connectivity index (χ4n) is 2.73. The van der Waals surface area contributed by atoms with E-state index >= 15 is 0 Å². The lowest BCUT2D eigenvalue weighted by atomic mass is 9.83. The highest BCUT2D eigenvalue weighted by atomic mass is 16.5. The van der Waals surface area contributed by atoms with Crippen LogP contribution in [0, 0.1) is 18.8 Å². The Labute approximate surface area is 97.0 Å². The monoisotopic (exact) mass is 223 g/mol. The molecule has 0 aromatic carbocycles. The largest absolute Gasteiger partial charge is 0.465 e. The first-order chi connectivity index (χ1) is 7.50. The third kappa shape index (κ3) is 1.89. The second-order valence-electron chi connectivity index (χ2n) is 4.96. The van der Waals surface area contributed by atoms with Gasteiger partial charge in [0.2, 0.25) is 0 Å². The van der Waals surface area contributed by atoms with Crippen LogP contribution in [0.4, 0.5) is 0 Å². The zero-order chi connectivity index (χ0) is 11.9. The lowest BCUT2D eigenvalue weighted by molar-refractivity contribution is 0.0482. The summed E-state index contributed by atoms with van der Waals surface area (Å²) >= 11 is 0. The second kappa shape index (κ2) is 4.22. The molecule has 90 valence electrons. The van der Waals surface area contributed by atoms with Crippen molar-refractivity contribution in [3.05, 3.63) is 23.7 Å². The van der Waals surface area contributed by atoms with Crippen molar-refractivity contribution in [1.82, 2.24) is 0 Å². The smallest absolute Gasteiger partial charge is 0.121 e. The van der Waals surface area contributed by atoms with Crippen LogP contribution in [0.15, 0.2) is 16.5 Å². The van der Waals surface area contributed by atoms with Gasteiger partial charge in [-0.1, -0.05) is 6.92 Å². The molecule has 1 aliphatic rings. The second-order valence-corrected chi connectivity index (χ2v) is 4.96. The summed E-state index contributed by atoms with van der Waals surface area (Å²) in [5.74, 6) is 2.59. The van der Waals surface area contributed by atoms with Crippen molar-refractivity contribution in [2.45, 2.75) is 45.9 Å². The molecule has 1 aromatic heterocycles. The quantitative estimate of drug-likeness (QED) is 0.838. The average molecular weight is 223 g/mol. The van der Waals surface area contributed by atoms with Crippen molar-refractivity contribution >= 4 is 0 Å². The van der Waals surface area contributed by atoms with Crippen LogP contribution in [0.1, 0.15) is 38.3 Å². The predicted molar refractivity (Wildman–Crippen MR) is 63.0 cm³/mol. The van der Waals surface area contributed by atoms with Crippen molar-refractivity contribution in [2.75, 3.05) is 0 Å². The zero-order valence-corrected chi connectivity index (χ0v) is 10.4. The molecule has 1 saturated heterocycles. The van der Waals surface area contributed by atoms with Crippen molar-refractivity contribution in [3.63, 3.8) is 0 Å². The molecule has 1 fully saturated rings. The van der Waals surface area contributed by atoms with Crippen LogP contribution in [0.2, 0.25) is 0 Å². The molecule has 0 aliphatic carbocycles. The Morgan fingerprint density at radius 1 is 1.19 bits per heavy atom. The summed E-state index contributed by atoms with van der Waals surface area (Å²) < 4.78 is 11.4. The summed E-state index contributed by atoms with van der Waals surface area (Å²) in [4.78, 5) is 0. The molecular weight excluding hydrogens is 202 g/mol. The number of aryl methyl sites for hydroxylation is 1. The predicted octanol–water partition coefficient (Wildman–Crippen LogP) is 2.65. The maximum atomic E-state index is 6.28. The van der Waals surface area contributed by atoms with Gasteiger partial charge in [0, 0.05) is 5.92 Å². The van der Waals surface area contributed by atoms with Gasteiger partial charge in [-0.25, -0.2) is 0 Å². The number of hydrogen-bond acceptors (Lipinski definition) is 3. The van der Waals surface area contributed by atoms with Gasteiger partial charge >= 0.3 is 0 Å². The van der Waals surface area contributed by atoms with Crippen molar-refractivity contribution in [2.24, 2.45) is 17.6 Å². The number of rotatable bonds is 2. The summed E-state index contributed by atoms with van der Waals surface area (Å²) in [6, 6.07) is 3.87. The van der Waals surface area contributed by atoms with Crippen LogP contribution in [0.25, 0.3) is 0 Å². The molecular formula is C13H21NO2. The van der Waals surface area contributed by atoms with Crippen molar-refractivity contribution < 1.29 is 9.15 Å². The van der Waals surface area contributed by atoms with Crippen LogP contribution >= 0.6 is 0 Å². The van der Waals surface area contributed by atoms with Crippen LogP contribution < -0.4 is 5.73 Å². The van der Waals surface area contributed by atoms with Gasteiger partial charge < -0.3 is 14.9 Å². The third-order valence-corrected chi connectivity index (χ3v) is 3.82. The summed E-state index contributed by atoms with van der Waals surface area (Å²) in [5.41, 5.74) is 6.28. The van der Waals surface area contributed by atoms with Gasteiger partial charge in [0.15, 0.2) is 0 Å². The Bertz CT molecular complexity index is 361. The number of ether oxygens (including phenoxy) is 1. The minimum absolute atomic E-state index is 0.0661. The molecule has 0 saturated carbocycles. The molecule has 1 aromatic rings. The Balaban J connectivity index is 2.18. The molecule has 0 spiro atoms. The topological polar surface area (TPSA) is 48.4 Å². The molecule has 0 amide bonds. The molecule has 5 atom stereocenters. The SMILES string of the molecule is Cc1ccc(C(N)C2C(C)OC(C)C2C)o1. The van der Waals surface area contributed by atoms with Gasteiger partial charge in [0.05, 0.1) is 18.2 Å². The lowest BCUT2D eigenvalue weighted by Gasteiger charge is -2.24. The highest BCUT2D eigenvalue weighted by molar-refractivity contribution is 5.12. The molecule has 2 heterocycles. The minimum atomic E-state index is -0.0661. The standard InChI is InChI=1S/C13H21NO2/c1-7-5-6-11(15-7)13(14)12-8(2)9(3)16-10(12)4/h5-6,8-10,12-13H,14H2,1-4H3. The molecule has 3 nitrogen and oxygen atoms in total. The van der Waals surface area contributed by atoms with Crippen molar-refractivity contribution in [3.8, 4) is 0 Å². The number of furan rings is 1. The minimum Gasteiger partial charge on any atom is -0.465 e. The fraction of sp³-hybridized carbons (Fsp3) is 0.692. The van der Waals surface area contributed by atoms with Gasteiger partial charge in [0.1, 0.15) is 11.5 Å². The highest BCUT2D eigenvalue weighted by Crippen LogP contribution is 2.39. The Hall–Kier alpha value is -0.800. The normalized spacial score (nSPS) is 36.6. The fourth-order valence-corrected chi connectivity index (χ4v) is 2.73. The van der Waals surface area contributed by atoms with Crippen LogP contribution in [-0.2, 0) is 4.74 Å². The van der Waals surface area contributed by atoms with Gasteiger partial charge in [0.25, 0.3) is 0 Å². The molecule has 2 N–H and O–H groups in total. The van der Waals surface area contributed by atoms with Crippen LogP contribution in [0.3, 0.4) is 0 Å². The molecule has 5 unspecified atom stereocenters. The first kappa shape index (κ1) is 11.7. The van der Waals surface area contributed by atoms with Crippen molar-refractivity contribution in [1.29, 1.82) is 0 Å². The number of nitrogens with two attached hydrogens (primary N) is 1. The maximum absolute atomic E-state index is 6.28. The summed E-state index contributed by atoms with van der Waals surface area (Å²) in [6.07, 6.45) is 0.479. The maximum Gasteiger partial charge on any atom is 0.121 e. The molecule has 0 bridgehead atoms. The highest BCUT2D eigenvalue weighted by Gasteiger charge is 2.41. The van der Waals surface area contributed by atoms with Gasteiger partial charge in [-0.15, -0.1) is 0 Å². The van der Waals surface area contributed by atoms with E-state index in [4.69, 9.17) is 14.9 Å². The Kier molecular flexibility index (Phi) is 3.08. The molecule has 16 heavy (non-hydrogen) atoms. The Morgan fingerprint density at radius 3 is 2.31 bits per heavy atom. The van der Waals surface area contributed by atoms with E-state index in [1.807, 2.05) is 19.1 Å². The van der Waals surface area contributed by atoms with E-state index in [0.717, 1.165) is 11.5 Å². The zero-order valence-electron chi connectivity index (χ0n) is 10.4. The van der Waals surface area contributed by atoms with Gasteiger partial charge in [-0.2, -0.15) is 0 Å². The van der Waals surface area contributed by atoms with E-state index in [-0.39, 0.29) is 18.2 Å². The third-order valence-electron chi connectivity index (χ3n) is 3.82. The van der Waals surface area contributed by atoms with E-state index in [1.54, 1.807) is 0 Å². The average Bonchev–Trinajstić information content (AvgIpc) is 2.73. The lowest BCUT2D eigenvalue weighted by Crippen LogP contribution is -2.30. The summed E-state index contributed by atoms with van der Waals surface area (Å²) in [6.45, 7) is 8.35. The first-order valence-corrected chi connectivity index (χ1v) is 5.98. The van der Waals surface area contributed by atoms with Gasteiger partial charge in [-0.3, -0.25) is 0 Å². The number of hydrogen-bond donors (Lipinski definition) is 1. The molecule has 1 aliphatic heterocycles. The summed E-state index contributed by atoms with van der Waals surface area (Å²) in [5, 5.41) is 0. The summed E-state index contributed by atoms with van der Waals surface area (Å²) in [7, 11) is 0. The molecule has 0 radical (unpaired) electrons. The first-order valence-electron chi connectivity index (χ1n) is 5.98. The molecule has 2 rings (SSSR count).